The fraction of sp³-hybridized carbons (Fsp3) is 0.115. The first kappa shape index (κ1) is 22.0. The molecule has 0 spiro atoms. The van der Waals surface area contributed by atoms with Crippen molar-refractivity contribution in [2.75, 3.05) is 0 Å². The van der Waals surface area contributed by atoms with Gasteiger partial charge in [0, 0.05) is 35.8 Å². The van der Waals surface area contributed by atoms with Crippen molar-refractivity contribution in [3.63, 3.8) is 0 Å². The number of aromatic nitrogens is 4. The van der Waals surface area contributed by atoms with Gasteiger partial charge in [-0.05, 0) is 66.4 Å². The van der Waals surface area contributed by atoms with Crippen molar-refractivity contribution in [2.45, 2.75) is 12.8 Å². The van der Waals surface area contributed by atoms with E-state index >= 15 is 0 Å². The normalized spacial score (nSPS) is 11.2. The molecule has 2 aromatic heterocycles. The van der Waals surface area contributed by atoms with Crippen LogP contribution in [0.2, 0.25) is 0 Å². The van der Waals surface area contributed by atoms with Crippen molar-refractivity contribution in [3.05, 3.63) is 94.0 Å². The Morgan fingerprint density at radius 3 is 2.51 bits per heavy atom. The lowest BCUT2D eigenvalue weighted by Gasteiger charge is -2.12. The van der Waals surface area contributed by atoms with E-state index in [0.717, 1.165) is 16.5 Å². The molecule has 0 saturated carbocycles. The van der Waals surface area contributed by atoms with E-state index in [4.69, 9.17) is 5.73 Å². The third kappa shape index (κ3) is 4.04. The predicted molar refractivity (Wildman–Crippen MR) is 132 cm³/mol. The molecule has 35 heavy (non-hydrogen) atoms. The fourth-order valence-electron chi connectivity index (χ4n) is 4.24. The van der Waals surface area contributed by atoms with Gasteiger partial charge in [-0.15, -0.1) is 0 Å². The Labute approximate surface area is 199 Å². The highest BCUT2D eigenvalue weighted by Gasteiger charge is 2.19. The highest BCUT2D eigenvalue weighted by molar-refractivity contribution is 5.92. The van der Waals surface area contributed by atoms with E-state index in [1.807, 2.05) is 54.2 Å². The molecule has 0 saturated heterocycles. The van der Waals surface area contributed by atoms with Crippen LogP contribution in [0.3, 0.4) is 0 Å². The van der Waals surface area contributed by atoms with Gasteiger partial charge in [-0.2, -0.15) is 5.10 Å². The molecule has 0 aliphatic carbocycles. The smallest absolute Gasteiger partial charge is 0.348 e. The summed E-state index contributed by atoms with van der Waals surface area (Å²) in [5, 5.41) is 28.6. The quantitative estimate of drug-likeness (QED) is 0.303. The van der Waals surface area contributed by atoms with Crippen LogP contribution in [0.15, 0.2) is 71.7 Å². The first-order chi connectivity index (χ1) is 16.8. The number of hydrogen-bond donors (Lipinski definition) is 4. The van der Waals surface area contributed by atoms with Gasteiger partial charge in [0.05, 0.1) is 11.3 Å². The second-order valence-corrected chi connectivity index (χ2v) is 8.42. The van der Waals surface area contributed by atoms with Crippen molar-refractivity contribution in [1.82, 2.24) is 19.3 Å². The number of carbonyl (C=O) groups excluding carboxylic acids is 1. The van der Waals surface area contributed by atoms with Crippen LogP contribution < -0.4 is 11.4 Å². The molecule has 1 amide bonds. The average molecular weight is 470 g/mol. The minimum absolute atomic E-state index is 0.0601. The van der Waals surface area contributed by atoms with Gasteiger partial charge < -0.3 is 20.5 Å². The number of nitrogens with two attached hydrogens (primary N) is 1. The van der Waals surface area contributed by atoms with Crippen LogP contribution in [0.25, 0.3) is 28.0 Å². The molecule has 9 nitrogen and oxygen atoms in total. The van der Waals surface area contributed by atoms with Crippen molar-refractivity contribution < 1.29 is 15.0 Å². The molecule has 5 aromatic rings. The van der Waals surface area contributed by atoms with Gasteiger partial charge in [-0.1, -0.05) is 12.1 Å². The summed E-state index contributed by atoms with van der Waals surface area (Å²) in [5.41, 5.74) is 8.74. The van der Waals surface area contributed by atoms with Gasteiger partial charge in [-0.25, -0.2) is 14.5 Å². The molecule has 2 heterocycles. The van der Waals surface area contributed by atoms with Crippen LogP contribution in [0.1, 0.15) is 21.5 Å². The standard InChI is InChI=1S/C26H23N5O4/c1-30-11-10-17-12-19(8-9-21(17)30)31-25(28-29-26(31)35)20-13-18(22(32)14-23(20)33)7-4-15-2-5-16(6-3-15)24(27)34/h2-3,5-6,8-14,32-33H,4,7H2,1H3,(H2,27,34)(H,29,35). The summed E-state index contributed by atoms with van der Waals surface area (Å²) in [4.78, 5) is 23.9. The lowest BCUT2D eigenvalue weighted by atomic mass is 10.00. The molecule has 0 bridgehead atoms. The van der Waals surface area contributed by atoms with E-state index in [0.29, 0.717) is 35.2 Å². The number of primary amides is 1. The Morgan fingerprint density at radius 1 is 1.00 bits per heavy atom. The van der Waals surface area contributed by atoms with Crippen molar-refractivity contribution >= 4 is 16.8 Å². The molecular weight excluding hydrogens is 446 g/mol. The van der Waals surface area contributed by atoms with Gasteiger partial charge in [0.15, 0.2) is 5.82 Å². The lowest BCUT2D eigenvalue weighted by molar-refractivity contribution is 0.1000. The third-order valence-corrected chi connectivity index (χ3v) is 6.16. The number of aryl methyl sites for hydroxylation is 3. The summed E-state index contributed by atoms with van der Waals surface area (Å²) in [5.74, 6) is -0.517. The zero-order valence-corrected chi connectivity index (χ0v) is 18.9. The molecule has 176 valence electrons. The summed E-state index contributed by atoms with van der Waals surface area (Å²) in [7, 11) is 1.94. The number of nitrogens with one attached hydrogen (secondary N) is 1. The number of nitrogens with zero attached hydrogens (tertiary/aromatic N) is 3. The number of rotatable bonds is 6. The monoisotopic (exact) mass is 469 g/mol. The average Bonchev–Trinajstić information content (AvgIpc) is 3.40. The minimum atomic E-state index is -0.492. The maximum atomic E-state index is 12.7. The Bertz CT molecular complexity index is 1630. The summed E-state index contributed by atoms with van der Waals surface area (Å²) in [6.45, 7) is 0. The summed E-state index contributed by atoms with van der Waals surface area (Å²) in [6, 6.07) is 17.4. The van der Waals surface area contributed by atoms with E-state index in [9.17, 15) is 19.8 Å². The molecule has 0 aliphatic heterocycles. The van der Waals surface area contributed by atoms with Gasteiger partial charge in [-0.3, -0.25) is 4.79 Å². The van der Waals surface area contributed by atoms with Gasteiger partial charge >= 0.3 is 5.69 Å². The second-order valence-electron chi connectivity index (χ2n) is 8.42. The largest absolute Gasteiger partial charge is 0.508 e. The SMILES string of the molecule is Cn1ccc2cc(-n3c(-c4cc(CCc5ccc(C(N)=O)cc5)c(O)cc4O)n[nH]c3=O)ccc21. The maximum absolute atomic E-state index is 12.7. The number of aromatic amines is 1. The molecule has 9 heteroatoms. The molecule has 0 fully saturated rings. The summed E-state index contributed by atoms with van der Waals surface area (Å²) in [6.07, 6.45) is 2.97. The number of phenols is 2. The third-order valence-electron chi connectivity index (χ3n) is 6.16. The van der Waals surface area contributed by atoms with Gasteiger partial charge in [0.25, 0.3) is 0 Å². The van der Waals surface area contributed by atoms with Gasteiger partial charge in [0.2, 0.25) is 5.91 Å². The van der Waals surface area contributed by atoms with E-state index in [2.05, 4.69) is 10.2 Å². The number of hydrogen-bond acceptors (Lipinski definition) is 5. The zero-order valence-electron chi connectivity index (χ0n) is 18.9. The summed E-state index contributed by atoms with van der Waals surface area (Å²) >= 11 is 0. The molecular formula is C26H23N5O4. The second kappa shape index (κ2) is 8.53. The number of aromatic hydroxyl groups is 2. The molecule has 0 unspecified atom stereocenters. The number of carbonyl (C=O) groups is 1. The molecule has 0 radical (unpaired) electrons. The predicted octanol–water partition coefficient (Wildman–Crippen LogP) is 3.01. The molecule has 0 atom stereocenters. The number of phenolic OH excluding ortho intramolecular Hbond substituents is 2. The van der Waals surface area contributed by atoms with Crippen LogP contribution in [0.5, 0.6) is 11.5 Å². The van der Waals surface area contributed by atoms with Crippen molar-refractivity contribution in [3.8, 4) is 28.6 Å². The van der Waals surface area contributed by atoms with E-state index in [-0.39, 0.29) is 17.3 Å². The number of benzene rings is 3. The number of fused-ring (bicyclic) bond motifs is 1. The molecule has 3 aromatic carbocycles. The fourth-order valence-corrected chi connectivity index (χ4v) is 4.24. The first-order valence-electron chi connectivity index (χ1n) is 11.0. The Balaban J connectivity index is 1.50. The number of H-pyrrole nitrogens is 1. The van der Waals surface area contributed by atoms with Crippen LogP contribution in [-0.2, 0) is 19.9 Å². The van der Waals surface area contributed by atoms with Crippen LogP contribution >= 0.6 is 0 Å². The van der Waals surface area contributed by atoms with Crippen LogP contribution in [0, 0.1) is 0 Å². The van der Waals surface area contributed by atoms with Crippen LogP contribution in [0.4, 0.5) is 0 Å². The van der Waals surface area contributed by atoms with Crippen molar-refractivity contribution in [2.24, 2.45) is 12.8 Å². The highest BCUT2D eigenvalue weighted by atomic mass is 16.3. The topological polar surface area (TPSA) is 139 Å². The van der Waals surface area contributed by atoms with Crippen molar-refractivity contribution in [1.29, 1.82) is 0 Å². The Kier molecular flexibility index (Phi) is 5.37. The van der Waals surface area contributed by atoms with E-state index in [1.54, 1.807) is 18.2 Å². The minimum Gasteiger partial charge on any atom is -0.508 e. The Morgan fingerprint density at radius 2 is 1.77 bits per heavy atom. The molecule has 5 N–H and O–H groups in total. The maximum Gasteiger partial charge on any atom is 0.348 e. The lowest BCUT2D eigenvalue weighted by Crippen LogP contribution is -2.15. The molecule has 0 aliphatic rings. The highest BCUT2D eigenvalue weighted by Crippen LogP contribution is 2.35. The Hall–Kier alpha value is -4.79. The van der Waals surface area contributed by atoms with Crippen LogP contribution in [-0.4, -0.2) is 35.5 Å². The first-order valence-corrected chi connectivity index (χ1v) is 11.0. The van der Waals surface area contributed by atoms with E-state index < -0.39 is 11.6 Å². The zero-order chi connectivity index (χ0) is 24.7. The van der Waals surface area contributed by atoms with Gasteiger partial charge in [0.1, 0.15) is 11.5 Å². The number of amides is 1. The summed E-state index contributed by atoms with van der Waals surface area (Å²) < 4.78 is 3.38. The van der Waals surface area contributed by atoms with E-state index in [1.165, 1.54) is 10.6 Å². The molecule has 5 rings (SSSR count).